The first kappa shape index (κ1) is 14.9. The molecule has 0 saturated heterocycles. The van der Waals surface area contributed by atoms with Gasteiger partial charge in [0.15, 0.2) is 11.6 Å². The summed E-state index contributed by atoms with van der Waals surface area (Å²) < 4.78 is 6.98. The molecule has 0 bridgehead atoms. The highest BCUT2D eigenvalue weighted by Gasteiger charge is 2.17. The average molecular weight is 291 g/mol. The van der Waals surface area contributed by atoms with Gasteiger partial charge >= 0.3 is 0 Å². The summed E-state index contributed by atoms with van der Waals surface area (Å²) >= 11 is 0. The maximum absolute atomic E-state index is 11.0. The maximum Gasteiger partial charge on any atom is 0.225 e. The van der Waals surface area contributed by atoms with E-state index in [1.165, 1.54) is 4.68 Å². The second-order valence-corrected chi connectivity index (χ2v) is 4.23. The monoisotopic (exact) mass is 291 g/mol. The molecule has 2 rings (SSSR count). The number of nitrogens with two attached hydrogens (primary N) is 1. The van der Waals surface area contributed by atoms with Gasteiger partial charge in [-0.1, -0.05) is 0 Å². The van der Waals surface area contributed by atoms with E-state index in [1.807, 2.05) is 6.92 Å². The molecule has 0 fully saturated rings. The molecule has 2 aromatic rings. The van der Waals surface area contributed by atoms with Crippen molar-refractivity contribution in [1.82, 2.24) is 19.7 Å². The van der Waals surface area contributed by atoms with Crippen molar-refractivity contribution in [2.45, 2.75) is 19.9 Å². The lowest BCUT2D eigenvalue weighted by molar-refractivity contribution is -0.117. The number of aliphatic hydroxyl groups is 1. The zero-order valence-corrected chi connectivity index (χ0v) is 11.7. The van der Waals surface area contributed by atoms with Crippen LogP contribution in [-0.4, -0.2) is 44.0 Å². The van der Waals surface area contributed by atoms with Crippen molar-refractivity contribution in [3.63, 3.8) is 0 Å². The molecular weight excluding hydrogens is 274 g/mol. The van der Waals surface area contributed by atoms with Crippen LogP contribution in [0.15, 0.2) is 18.3 Å². The predicted octanol–water partition coefficient (Wildman–Crippen LogP) is -0.241. The van der Waals surface area contributed by atoms with E-state index >= 15 is 0 Å². The summed E-state index contributed by atoms with van der Waals surface area (Å²) in [4.78, 5) is 19.5. The Morgan fingerprint density at radius 3 is 3.00 bits per heavy atom. The molecule has 112 valence electrons. The van der Waals surface area contributed by atoms with Crippen LogP contribution in [0, 0.1) is 0 Å². The number of ether oxygens (including phenoxy) is 1. The molecule has 2 aromatic heterocycles. The highest BCUT2D eigenvalue weighted by Crippen LogP contribution is 2.26. The Kier molecular flexibility index (Phi) is 4.83. The van der Waals surface area contributed by atoms with Crippen LogP contribution in [-0.2, 0) is 17.8 Å². The normalized spacial score (nSPS) is 10.6. The molecule has 1 amide bonds. The van der Waals surface area contributed by atoms with Crippen molar-refractivity contribution >= 4 is 5.91 Å². The lowest BCUT2D eigenvalue weighted by Gasteiger charge is -2.08. The number of carbonyl (C=O) groups excluding carboxylic acids is 1. The van der Waals surface area contributed by atoms with E-state index in [1.54, 1.807) is 18.3 Å². The maximum atomic E-state index is 11.0. The van der Waals surface area contributed by atoms with Gasteiger partial charge < -0.3 is 15.6 Å². The van der Waals surface area contributed by atoms with Crippen LogP contribution in [0.2, 0.25) is 0 Å². The molecule has 0 aliphatic rings. The van der Waals surface area contributed by atoms with E-state index < -0.39 is 5.91 Å². The van der Waals surface area contributed by atoms with E-state index in [0.717, 1.165) is 0 Å². The topological polar surface area (TPSA) is 116 Å². The Morgan fingerprint density at radius 2 is 2.33 bits per heavy atom. The second-order valence-electron chi connectivity index (χ2n) is 4.23. The molecular formula is C13H17N5O3. The fraction of sp³-hybridized carbons (Fsp3) is 0.385. The van der Waals surface area contributed by atoms with Gasteiger partial charge in [0, 0.05) is 6.20 Å². The van der Waals surface area contributed by atoms with Crippen molar-refractivity contribution in [2.24, 2.45) is 5.73 Å². The zero-order chi connectivity index (χ0) is 15.2. The van der Waals surface area contributed by atoms with Gasteiger partial charge in [0.1, 0.15) is 0 Å². The smallest absolute Gasteiger partial charge is 0.225 e. The summed E-state index contributed by atoms with van der Waals surface area (Å²) in [7, 11) is 0. The summed E-state index contributed by atoms with van der Waals surface area (Å²) in [6, 6.07) is 3.55. The fourth-order valence-corrected chi connectivity index (χ4v) is 1.88. The van der Waals surface area contributed by atoms with Gasteiger partial charge in [0.25, 0.3) is 0 Å². The number of amides is 1. The third-order valence-electron chi connectivity index (χ3n) is 2.65. The van der Waals surface area contributed by atoms with Gasteiger partial charge in [-0.25, -0.2) is 14.6 Å². The molecule has 21 heavy (non-hydrogen) atoms. The number of carbonyl (C=O) groups is 1. The Balaban J connectivity index is 2.46. The van der Waals surface area contributed by atoms with E-state index in [0.29, 0.717) is 29.7 Å². The van der Waals surface area contributed by atoms with Crippen molar-refractivity contribution in [1.29, 1.82) is 0 Å². The SMILES string of the molecule is CCOc1ncccc1-c1nc(CC(N)=O)nn1CCO. The van der Waals surface area contributed by atoms with Crippen LogP contribution in [0.4, 0.5) is 0 Å². The third-order valence-corrected chi connectivity index (χ3v) is 2.65. The minimum Gasteiger partial charge on any atom is -0.477 e. The number of hydrogen-bond donors (Lipinski definition) is 2. The van der Waals surface area contributed by atoms with Crippen LogP contribution in [0.1, 0.15) is 12.7 Å². The van der Waals surface area contributed by atoms with Gasteiger partial charge in [0.2, 0.25) is 11.8 Å². The number of rotatable bonds is 7. The fourth-order valence-electron chi connectivity index (χ4n) is 1.88. The average Bonchev–Trinajstić information content (AvgIpc) is 2.82. The highest BCUT2D eigenvalue weighted by atomic mass is 16.5. The van der Waals surface area contributed by atoms with Gasteiger partial charge in [-0.3, -0.25) is 4.79 Å². The van der Waals surface area contributed by atoms with Crippen molar-refractivity contribution in [2.75, 3.05) is 13.2 Å². The molecule has 3 N–H and O–H groups in total. The molecule has 0 aliphatic carbocycles. The molecule has 0 atom stereocenters. The van der Waals surface area contributed by atoms with Crippen LogP contribution in [0.5, 0.6) is 5.88 Å². The summed E-state index contributed by atoms with van der Waals surface area (Å²) in [6.45, 7) is 2.47. The van der Waals surface area contributed by atoms with Crippen LogP contribution < -0.4 is 10.5 Å². The lowest BCUT2D eigenvalue weighted by Crippen LogP contribution is -2.15. The highest BCUT2D eigenvalue weighted by molar-refractivity contribution is 5.75. The molecule has 0 saturated carbocycles. The minimum atomic E-state index is -0.515. The lowest BCUT2D eigenvalue weighted by atomic mass is 10.2. The first-order valence-corrected chi connectivity index (χ1v) is 6.56. The zero-order valence-electron chi connectivity index (χ0n) is 11.7. The number of nitrogens with zero attached hydrogens (tertiary/aromatic N) is 4. The van der Waals surface area contributed by atoms with Crippen LogP contribution in [0.3, 0.4) is 0 Å². The summed E-state index contributed by atoms with van der Waals surface area (Å²) in [5.74, 6) is 0.699. The van der Waals surface area contributed by atoms with E-state index in [-0.39, 0.29) is 19.6 Å². The third kappa shape index (κ3) is 3.54. The van der Waals surface area contributed by atoms with Crippen molar-refractivity contribution < 1.29 is 14.6 Å². The quantitative estimate of drug-likeness (QED) is 0.727. The van der Waals surface area contributed by atoms with E-state index in [2.05, 4.69) is 15.1 Å². The largest absolute Gasteiger partial charge is 0.477 e. The summed E-state index contributed by atoms with van der Waals surface area (Å²) in [5, 5.41) is 13.3. The Hall–Kier alpha value is -2.48. The minimum absolute atomic E-state index is 0.0599. The first-order chi connectivity index (χ1) is 10.2. The van der Waals surface area contributed by atoms with Crippen molar-refractivity contribution in [3.05, 3.63) is 24.2 Å². The van der Waals surface area contributed by atoms with Gasteiger partial charge in [-0.05, 0) is 19.1 Å². The number of primary amides is 1. The van der Waals surface area contributed by atoms with Gasteiger partial charge in [0.05, 0.1) is 31.7 Å². The molecule has 8 nitrogen and oxygen atoms in total. The number of aliphatic hydroxyl groups excluding tert-OH is 1. The molecule has 2 heterocycles. The van der Waals surface area contributed by atoms with Gasteiger partial charge in [-0.15, -0.1) is 0 Å². The Morgan fingerprint density at radius 1 is 1.52 bits per heavy atom. The summed E-state index contributed by atoms with van der Waals surface area (Å²) in [6.07, 6.45) is 1.56. The molecule has 0 spiro atoms. The number of hydrogen-bond acceptors (Lipinski definition) is 6. The summed E-state index contributed by atoms with van der Waals surface area (Å²) in [5.41, 5.74) is 5.81. The van der Waals surface area contributed by atoms with Crippen molar-refractivity contribution in [3.8, 4) is 17.3 Å². The predicted molar refractivity (Wildman–Crippen MR) is 74.4 cm³/mol. The first-order valence-electron chi connectivity index (χ1n) is 6.56. The standard InChI is InChI=1S/C13H17N5O3/c1-2-21-13-9(4-3-5-15-13)12-16-11(8-10(14)20)17-18(12)6-7-19/h3-5,19H,2,6-8H2,1H3,(H2,14,20). The van der Waals surface area contributed by atoms with Crippen LogP contribution in [0.25, 0.3) is 11.4 Å². The Bertz CT molecular complexity index is 626. The molecule has 8 heteroatoms. The Labute approximate surface area is 121 Å². The number of aromatic nitrogens is 4. The molecule has 0 aromatic carbocycles. The second kappa shape index (κ2) is 6.80. The van der Waals surface area contributed by atoms with Gasteiger partial charge in [-0.2, -0.15) is 5.10 Å². The van der Waals surface area contributed by atoms with E-state index in [9.17, 15) is 4.79 Å². The molecule has 0 radical (unpaired) electrons. The molecule has 0 aliphatic heterocycles. The van der Waals surface area contributed by atoms with E-state index in [4.69, 9.17) is 15.6 Å². The van der Waals surface area contributed by atoms with Crippen LogP contribution >= 0.6 is 0 Å². The molecule has 0 unspecified atom stereocenters. The number of pyridine rings is 1.